The van der Waals surface area contributed by atoms with Crippen molar-refractivity contribution in [3.8, 4) is 11.5 Å². The van der Waals surface area contributed by atoms with Gasteiger partial charge in [0.15, 0.2) is 11.5 Å². The van der Waals surface area contributed by atoms with Crippen LogP contribution in [0.15, 0.2) is 23.8 Å². The van der Waals surface area contributed by atoms with E-state index in [1.807, 2.05) is 4.90 Å². The zero-order valence-corrected chi connectivity index (χ0v) is 24.9. The van der Waals surface area contributed by atoms with Gasteiger partial charge in [-0.25, -0.2) is 0 Å². The number of benzene rings is 1. The highest BCUT2D eigenvalue weighted by molar-refractivity contribution is 5.96. The van der Waals surface area contributed by atoms with Crippen LogP contribution in [-0.2, 0) is 9.59 Å². The van der Waals surface area contributed by atoms with Gasteiger partial charge < -0.3 is 29.9 Å². The van der Waals surface area contributed by atoms with E-state index in [1.54, 1.807) is 18.2 Å². The molecule has 1 heterocycles. The van der Waals surface area contributed by atoms with Crippen molar-refractivity contribution in [1.82, 2.24) is 10.2 Å². The molecule has 6 aliphatic rings. The van der Waals surface area contributed by atoms with Gasteiger partial charge in [0.05, 0.1) is 25.7 Å². The highest BCUT2D eigenvalue weighted by Gasteiger charge is 2.56. The third kappa shape index (κ3) is 4.73. The number of aldehydes is 1. The third-order valence-electron chi connectivity index (χ3n) is 11.2. The largest absolute Gasteiger partial charge is 0.493 e. The van der Waals surface area contributed by atoms with E-state index in [2.05, 4.69) is 19.2 Å². The fourth-order valence-corrected chi connectivity index (χ4v) is 8.76. The summed E-state index contributed by atoms with van der Waals surface area (Å²) >= 11 is 0. The number of methoxy groups -OCH3 is 1. The van der Waals surface area contributed by atoms with E-state index in [1.165, 1.54) is 13.5 Å². The molecule has 1 aromatic carbocycles. The van der Waals surface area contributed by atoms with Gasteiger partial charge in [-0.3, -0.25) is 14.4 Å². The number of carbonyl (C=O) groups excluding carboxylic acids is 3. The molecule has 0 radical (unpaired) electrons. The van der Waals surface area contributed by atoms with E-state index in [-0.39, 0.29) is 30.4 Å². The van der Waals surface area contributed by atoms with Crippen LogP contribution in [0.3, 0.4) is 0 Å². The number of fused-ring (bicyclic) bond motifs is 5. The molecule has 1 aliphatic heterocycles. The minimum absolute atomic E-state index is 0.0527. The molecule has 4 saturated carbocycles. The molecular weight excluding hydrogens is 536 g/mol. The maximum atomic E-state index is 14.2. The second-order valence-electron chi connectivity index (χ2n) is 13.6. The van der Waals surface area contributed by atoms with Gasteiger partial charge in [0.1, 0.15) is 18.5 Å². The van der Waals surface area contributed by atoms with Gasteiger partial charge in [0.25, 0.3) is 0 Å². The van der Waals surface area contributed by atoms with Gasteiger partial charge in [-0.05, 0) is 73.5 Å². The molecule has 228 valence electrons. The number of nitrogens with one attached hydrogen (secondary N) is 1. The summed E-state index contributed by atoms with van der Waals surface area (Å²) in [6.45, 7) is 5.08. The Bertz CT molecular complexity index is 1270. The predicted octanol–water partition coefficient (Wildman–Crippen LogP) is 3.22. The average Bonchev–Trinajstić information content (AvgIpc) is 3.67. The Hall–Kier alpha value is -2.91. The zero-order valence-electron chi connectivity index (χ0n) is 24.9. The van der Waals surface area contributed by atoms with Crippen molar-refractivity contribution in [2.75, 3.05) is 26.8 Å². The molecule has 2 bridgehead atoms. The summed E-state index contributed by atoms with van der Waals surface area (Å²) in [5.41, 5.74) is 1.57. The minimum Gasteiger partial charge on any atom is -0.493 e. The maximum absolute atomic E-state index is 14.2. The number of carbonyl (C=O) groups is 3. The minimum atomic E-state index is -1.10. The summed E-state index contributed by atoms with van der Waals surface area (Å²) in [5, 5.41) is 24.2. The highest BCUT2D eigenvalue weighted by Crippen LogP contribution is 2.61. The number of hydrogen-bond acceptors (Lipinski definition) is 7. The smallest absolute Gasteiger partial charge is 0.247 e. The van der Waals surface area contributed by atoms with Crippen LogP contribution >= 0.6 is 0 Å². The van der Waals surface area contributed by atoms with E-state index in [0.717, 1.165) is 44.4 Å². The van der Waals surface area contributed by atoms with Crippen LogP contribution in [0.5, 0.6) is 11.5 Å². The Kier molecular flexibility index (Phi) is 7.85. The summed E-state index contributed by atoms with van der Waals surface area (Å²) in [7, 11) is 1.48. The van der Waals surface area contributed by atoms with Gasteiger partial charge in [-0.15, -0.1) is 0 Å². The van der Waals surface area contributed by atoms with Gasteiger partial charge in [0.2, 0.25) is 11.8 Å². The maximum Gasteiger partial charge on any atom is 0.247 e. The number of nitrogens with zero attached hydrogens (tertiary/aromatic N) is 1. The van der Waals surface area contributed by atoms with E-state index in [0.29, 0.717) is 52.9 Å². The molecule has 9 heteroatoms. The van der Waals surface area contributed by atoms with Crippen LogP contribution < -0.4 is 14.8 Å². The van der Waals surface area contributed by atoms with Crippen molar-refractivity contribution in [3.63, 3.8) is 0 Å². The first-order valence-corrected chi connectivity index (χ1v) is 15.6. The van der Waals surface area contributed by atoms with E-state index >= 15 is 0 Å². The van der Waals surface area contributed by atoms with Crippen molar-refractivity contribution in [2.45, 2.75) is 83.0 Å². The number of rotatable bonds is 9. The van der Waals surface area contributed by atoms with E-state index < -0.39 is 30.1 Å². The van der Waals surface area contributed by atoms with Gasteiger partial charge >= 0.3 is 0 Å². The Balaban J connectivity index is 1.41. The first kappa shape index (κ1) is 29.2. The van der Waals surface area contributed by atoms with Crippen molar-refractivity contribution in [2.24, 2.45) is 29.1 Å². The monoisotopic (exact) mass is 580 g/mol. The van der Waals surface area contributed by atoms with Crippen LogP contribution in [0.25, 0.3) is 0 Å². The Morgan fingerprint density at radius 1 is 1.19 bits per heavy atom. The van der Waals surface area contributed by atoms with Crippen molar-refractivity contribution in [3.05, 3.63) is 34.9 Å². The molecule has 4 fully saturated rings. The first-order valence-electron chi connectivity index (χ1n) is 15.6. The molecule has 1 aromatic rings. The topological polar surface area (TPSA) is 125 Å². The molecule has 5 aliphatic carbocycles. The second-order valence-corrected chi connectivity index (χ2v) is 13.6. The number of amides is 2. The highest BCUT2D eigenvalue weighted by atomic mass is 16.5. The van der Waals surface area contributed by atoms with Crippen molar-refractivity contribution >= 4 is 18.1 Å². The van der Waals surface area contributed by atoms with Crippen molar-refractivity contribution < 1.29 is 34.1 Å². The molecule has 0 saturated heterocycles. The van der Waals surface area contributed by atoms with E-state index in [4.69, 9.17) is 9.47 Å². The van der Waals surface area contributed by atoms with E-state index in [9.17, 15) is 24.6 Å². The molecule has 3 N–H and O–H groups in total. The summed E-state index contributed by atoms with van der Waals surface area (Å²) in [6, 6.07) is 2.50. The average molecular weight is 581 g/mol. The first-order chi connectivity index (χ1) is 20.2. The standard InChI is InChI=1S/C33H44N2O7/c1-33(2)21-9-8-20(24(33)14-21)16-35(32(40)19-6-4-5-7-19)25-15-23(31(39)34-10-11-36)27-22-12-18(17-37)13-26(41-3)29(22)42-30(27)28(25)38/h12-13,15,17,19-21,24-25,27-28,30,36,38H,4-11,14,16H2,1-3H3,(H,34,39). The zero-order chi connectivity index (χ0) is 29.8. The molecule has 7 rings (SSSR count). The third-order valence-corrected chi connectivity index (χ3v) is 11.2. The lowest BCUT2D eigenvalue weighted by atomic mass is 9.45. The van der Waals surface area contributed by atoms with Crippen LogP contribution in [0.4, 0.5) is 0 Å². The van der Waals surface area contributed by atoms with Crippen LogP contribution in [0.1, 0.15) is 80.6 Å². The Labute approximate surface area is 247 Å². The van der Waals surface area contributed by atoms with Crippen LogP contribution in [0, 0.1) is 29.1 Å². The molecule has 7 unspecified atom stereocenters. The Morgan fingerprint density at radius 2 is 1.95 bits per heavy atom. The quantitative estimate of drug-likeness (QED) is 0.383. The number of aliphatic hydroxyl groups is 2. The predicted molar refractivity (Wildman–Crippen MR) is 155 cm³/mol. The van der Waals surface area contributed by atoms with Crippen molar-refractivity contribution in [1.29, 1.82) is 0 Å². The molecular formula is C33H44N2O7. The molecule has 42 heavy (non-hydrogen) atoms. The number of aliphatic hydroxyl groups excluding tert-OH is 2. The lowest BCUT2D eigenvalue weighted by Gasteiger charge is -2.61. The van der Waals surface area contributed by atoms with Crippen LogP contribution in [-0.4, -0.2) is 78.3 Å². The fourth-order valence-electron chi connectivity index (χ4n) is 8.76. The fraction of sp³-hybridized carbons (Fsp3) is 0.667. The van der Waals surface area contributed by atoms with Crippen LogP contribution in [0.2, 0.25) is 0 Å². The normalized spacial score (nSPS) is 32.5. The summed E-state index contributed by atoms with van der Waals surface area (Å²) in [5.74, 6) is 1.24. The number of hydrogen-bond donors (Lipinski definition) is 3. The molecule has 9 nitrogen and oxygen atoms in total. The molecule has 2 amide bonds. The summed E-state index contributed by atoms with van der Waals surface area (Å²) < 4.78 is 11.9. The van der Waals surface area contributed by atoms with Gasteiger partial charge in [-0.1, -0.05) is 26.7 Å². The van der Waals surface area contributed by atoms with Gasteiger partial charge in [0, 0.05) is 35.7 Å². The summed E-state index contributed by atoms with van der Waals surface area (Å²) in [6.07, 6.45) is 7.63. The molecule has 7 atom stereocenters. The lowest BCUT2D eigenvalue weighted by Crippen LogP contribution is -2.60. The second kappa shape index (κ2) is 11.3. The Morgan fingerprint density at radius 3 is 2.60 bits per heavy atom. The van der Waals surface area contributed by atoms with Gasteiger partial charge in [-0.2, -0.15) is 0 Å². The summed E-state index contributed by atoms with van der Waals surface area (Å²) in [4.78, 5) is 41.5. The molecule has 0 spiro atoms. The SMILES string of the molecule is COc1cc(C=O)cc2c1OC1C2C(C(=O)NCCO)=CC(N(CC2CCC3CC2C3(C)C)C(=O)C2CCCC2)C1O. The lowest BCUT2D eigenvalue weighted by molar-refractivity contribution is -0.150. The molecule has 0 aromatic heterocycles. The number of ether oxygens (including phenoxy) is 2.